The van der Waals surface area contributed by atoms with Gasteiger partial charge in [0, 0.05) is 31.2 Å². The van der Waals surface area contributed by atoms with Crippen LogP contribution in [0.1, 0.15) is 31.7 Å². The highest BCUT2D eigenvalue weighted by Gasteiger charge is 2.26. The maximum atomic E-state index is 11.5. The van der Waals surface area contributed by atoms with E-state index in [1.54, 1.807) is 0 Å². The van der Waals surface area contributed by atoms with Gasteiger partial charge in [0.15, 0.2) is 0 Å². The van der Waals surface area contributed by atoms with E-state index >= 15 is 0 Å². The van der Waals surface area contributed by atoms with Crippen molar-refractivity contribution in [1.29, 1.82) is 0 Å². The zero-order valence-corrected chi connectivity index (χ0v) is 12.4. The first kappa shape index (κ1) is 14.2. The number of benzene rings is 1. The monoisotopic (exact) mass is 289 g/mol. The van der Waals surface area contributed by atoms with Crippen LogP contribution in [-0.2, 0) is 16.0 Å². The standard InChI is InChI=1S/C16H23N3O2/c1-2-15-11(5-6-21-15)9-18-14-8-13-10(7-12(14)17)3-4-16(20)19-13/h7-8,11,15,18H,2-6,9,17H2,1H3,(H,19,20). The van der Waals surface area contributed by atoms with Gasteiger partial charge in [-0.15, -0.1) is 0 Å². The molecule has 1 fully saturated rings. The Kier molecular flexibility index (Phi) is 4.01. The summed E-state index contributed by atoms with van der Waals surface area (Å²) < 4.78 is 5.71. The fraction of sp³-hybridized carbons (Fsp3) is 0.562. The van der Waals surface area contributed by atoms with Crippen molar-refractivity contribution in [2.75, 3.05) is 29.5 Å². The normalized spacial score (nSPS) is 24.5. The topological polar surface area (TPSA) is 76.4 Å². The molecule has 3 rings (SSSR count). The number of amides is 1. The van der Waals surface area contributed by atoms with Crippen LogP contribution in [0.2, 0.25) is 0 Å². The molecule has 0 saturated carbocycles. The first-order valence-corrected chi connectivity index (χ1v) is 7.75. The second kappa shape index (κ2) is 5.93. The van der Waals surface area contributed by atoms with Gasteiger partial charge in [-0.25, -0.2) is 0 Å². The van der Waals surface area contributed by atoms with Crippen molar-refractivity contribution >= 4 is 23.0 Å². The molecule has 5 heteroatoms. The van der Waals surface area contributed by atoms with Crippen LogP contribution in [0.5, 0.6) is 0 Å². The number of nitrogens with one attached hydrogen (secondary N) is 2. The summed E-state index contributed by atoms with van der Waals surface area (Å²) in [5.41, 5.74) is 9.78. The number of fused-ring (bicyclic) bond motifs is 1. The van der Waals surface area contributed by atoms with Crippen LogP contribution in [0.25, 0.3) is 0 Å². The Hall–Kier alpha value is -1.75. The minimum atomic E-state index is 0.0773. The third kappa shape index (κ3) is 2.97. The molecule has 2 heterocycles. The molecule has 0 radical (unpaired) electrons. The number of carbonyl (C=O) groups excluding carboxylic acids is 1. The molecule has 2 aliphatic heterocycles. The van der Waals surface area contributed by atoms with Crippen molar-refractivity contribution in [3.8, 4) is 0 Å². The summed E-state index contributed by atoms with van der Waals surface area (Å²) in [7, 11) is 0. The van der Waals surface area contributed by atoms with E-state index < -0.39 is 0 Å². The van der Waals surface area contributed by atoms with Crippen LogP contribution in [0.3, 0.4) is 0 Å². The van der Waals surface area contributed by atoms with Gasteiger partial charge >= 0.3 is 0 Å². The Morgan fingerprint density at radius 3 is 3.10 bits per heavy atom. The number of carbonyl (C=O) groups is 1. The van der Waals surface area contributed by atoms with Crippen LogP contribution in [0, 0.1) is 5.92 Å². The molecular weight excluding hydrogens is 266 g/mol. The van der Waals surface area contributed by atoms with E-state index in [2.05, 4.69) is 17.6 Å². The van der Waals surface area contributed by atoms with Gasteiger partial charge in [0.1, 0.15) is 0 Å². The van der Waals surface area contributed by atoms with E-state index in [0.717, 1.165) is 55.0 Å². The van der Waals surface area contributed by atoms with Crippen LogP contribution in [0.15, 0.2) is 12.1 Å². The lowest BCUT2D eigenvalue weighted by Crippen LogP contribution is -2.24. The van der Waals surface area contributed by atoms with Crippen LogP contribution in [0.4, 0.5) is 17.1 Å². The molecule has 5 nitrogen and oxygen atoms in total. The van der Waals surface area contributed by atoms with E-state index in [0.29, 0.717) is 18.4 Å². The van der Waals surface area contributed by atoms with Crippen molar-refractivity contribution in [3.63, 3.8) is 0 Å². The number of hydrogen-bond acceptors (Lipinski definition) is 4. The second-order valence-corrected chi connectivity index (χ2v) is 5.89. The Morgan fingerprint density at radius 2 is 2.29 bits per heavy atom. The van der Waals surface area contributed by atoms with Crippen molar-refractivity contribution in [2.24, 2.45) is 5.92 Å². The van der Waals surface area contributed by atoms with Gasteiger partial charge in [-0.05, 0) is 37.0 Å². The smallest absolute Gasteiger partial charge is 0.224 e. The number of anilines is 3. The number of ether oxygens (including phenoxy) is 1. The lowest BCUT2D eigenvalue weighted by Gasteiger charge is -2.22. The Labute approximate surface area is 125 Å². The molecule has 4 N–H and O–H groups in total. The first-order valence-electron chi connectivity index (χ1n) is 7.75. The highest BCUT2D eigenvalue weighted by atomic mass is 16.5. The maximum absolute atomic E-state index is 11.5. The molecule has 2 atom stereocenters. The van der Waals surface area contributed by atoms with Gasteiger partial charge in [0.2, 0.25) is 5.91 Å². The minimum Gasteiger partial charge on any atom is -0.397 e. The average molecular weight is 289 g/mol. The molecular formula is C16H23N3O2. The maximum Gasteiger partial charge on any atom is 0.224 e. The molecule has 0 bridgehead atoms. The Bertz CT molecular complexity index is 545. The molecule has 1 amide bonds. The van der Waals surface area contributed by atoms with Crippen LogP contribution in [-0.4, -0.2) is 25.2 Å². The number of nitrogens with two attached hydrogens (primary N) is 1. The van der Waals surface area contributed by atoms with E-state index in [1.165, 1.54) is 0 Å². The third-order valence-electron chi connectivity index (χ3n) is 4.47. The third-order valence-corrected chi connectivity index (χ3v) is 4.47. The second-order valence-electron chi connectivity index (χ2n) is 5.89. The summed E-state index contributed by atoms with van der Waals surface area (Å²) in [6.45, 7) is 3.86. The summed E-state index contributed by atoms with van der Waals surface area (Å²) in [5, 5.41) is 6.34. The Balaban J connectivity index is 1.70. The summed E-state index contributed by atoms with van der Waals surface area (Å²) in [6.07, 6.45) is 3.78. The lowest BCUT2D eigenvalue weighted by atomic mass is 9.98. The molecule has 21 heavy (non-hydrogen) atoms. The van der Waals surface area contributed by atoms with E-state index in [-0.39, 0.29) is 5.91 Å². The summed E-state index contributed by atoms with van der Waals surface area (Å²) in [4.78, 5) is 11.5. The number of hydrogen-bond donors (Lipinski definition) is 3. The quantitative estimate of drug-likeness (QED) is 0.744. The van der Waals surface area contributed by atoms with Crippen molar-refractivity contribution in [3.05, 3.63) is 17.7 Å². The van der Waals surface area contributed by atoms with Crippen molar-refractivity contribution in [2.45, 2.75) is 38.7 Å². The fourth-order valence-corrected chi connectivity index (χ4v) is 3.22. The summed E-state index contributed by atoms with van der Waals surface area (Å²) in [5.74, 6) is 0.605. The van der Waals surface area contributed by atoms with Crippen molar-refractivity contribution in [1.82, 2.24) is 0 Å². The highest BCUT2D eigenvalue weighted by Crippen LogP contribution is 2.32. The predicted octanol–water partition coefficient (Wildman–Crippen LogP) is 2.38. The zero-order valence-electron chi connectivity index (χ0n) is 12.4. The van der Waals surface area contributed by atoms with Gasteiger partial charge < -0.3 is 21.1 Å². The van der Waals surface area contributed by atoms with E-state index in [9.17, 15) is 4.79 Å². The molecule has 0 spiro atoms. The van der Waals surface area contributed by atoms with Gasteiger partial charge in [0.05, 0.1) is 17.5 Å². The SMILES string of the molecule is CCC1OCCC1CNc1cc2c(cc1N)CCC(=O)N2. The summed E-state index contributed by atoms with van der Waals surface area (Å²) in [6, 6.07) is 3.93. The number of aryl methyl sites for hydroxylation is 1. The average Bonchev–Trinajstić information content (AvgIpc) is 2.93. The highest BCUT2D eigenvalue weighted by molar-refractivity contribution is 5.95. The van der Waals surface area contributed by atoms with Gasteiger partial charge in [0.25, 0.3) is 0 Å². The van der Waals surface area contributed by atoms with Gasteiger partial charge in [-0.2, -0.15) is 0 Å². The predicted molar refractivity (Wildman–Crippen MR) is 84.4 cm³/mol. The number of rotatable bonds is 4. The van der Waals surface area contributed by atoms with E-state index in [1.807, 2.05) is 12.1 Å². The van der Waals surface area contributed by atoms with E-state index in [4.69, 9.17) is 10.5 Å². The van der Waals surface area contributed by atoms with Crippen LogP contribution >= 0.6 is 0 Å². The summed E-state index contributed by atoms with van der Waals surface area (Å²) >= 11 is 0. The molecule has 1 saturated heterocycles. The number of nitrogen functional groups attached to an aromatic ring is 1. The largest absolute Gasteiger partial charge is 0.397 e. The van der Waals surface area contributed by atoms with Gasteiger partial charge in [-0.1, -0.05) is 6.92 Å². The molecule has 114 valence electrons. The zero-order chi connectivity index (χ0) is 14.8. The molecule has 0 aliphatic carbocycles. The molecule has 2 unspecified atom stereocenters. The van der Waals surface area contributed by atoms with Gasteiger partial charge in [-0.3, -0.25) is 4.79 Å². The van der Waals surface area contributed by atoms with Crippen molar-refractivity contribution < 1.29 is 9.53 Å². The molecule has 1 aromatic carbocycles. The lowest BCUT2D eigenvalue weighted by molar-refractivity contribution is -0.116. The molecule has 1 aromatic rings. The molecule has 2 aliphatic rings. The minimum absolute atomic E-state index is 0.0773. The van der Waals surface area contributed by atoms with Crippen LogP contribution < -0.4 is 16.4 Å². The Morgan fingerprint density at radius 1 is 1.43 bits per heavy atom. The molecule has 0 aromatic heterocycles. The first-order chi connectivity index (χ1) is 10.2. The fourth-order valence-electron chi connectivity index (χ4n) is 3.22.